The first-order chi connectivity index (χ1) is 19.7. The molecule has 41 heavy (non-hydrogen) atoms. The fraction of sp³-hybridized carbons (Fsp3) is 0.533. The van der Waals surface area contributed by atoms with Crippen molar-refractivity contribution in [2.24, 2.45) is 0 Å². The van der Waals surface area contributed by atoms with Crippen LogP contribution < -0.4 is 11.0 Å². The van der Waals surface area contributed by atoms with Crippen LogP contribution in [0.5, 0.6) is 0 Å². The van der Waals surface area contributed by atoms with Crippen LogP contribution in [0.25, 0.3) is 0 Å². The molecule has 0 atom stereocenters. The zero-order valence-corrected chi connectivity index (χ0v) is 30.6. The maximum absolute atomic E-state index is 13.4. The van der Waals surface area contributed by atoms with E-state index in [-0.39, 0.29) is 0 Å². The van der Waals surface area contributed by atoms with E-state index in [0.717, 1.165) is 69.1 Å². The number of hydroxylamine groups is 2. The number of nitrogens with one attached hydrogen (secondary N) is 2. The molecule has 2 amide bonds. The molecule has 0 aliphatic heterocycles. The van der Waals surface area contributed by atoms with Crippen LogP contribution in [0.4, 0.5) is 8.78 Å². The molecule has 2 aromatic carbocycles. The van der Waals surface area contributed by atoms with E-state index < -0.39 is 61.9 Å². The van der Waals surface area contributed by atoms with E-state index in [0.29, 0.717) is 11.1 Å². The molecule has 0 aliphatic carbocycles. The Hall–Kier alpha value is -1.28. The first-order valence-electron chi connectivity index (χ1n) is 14.9. The van der Waals surface area contributed by atoms with Crippen molar-refractivity contribution >= 4 is 50.2 Å². The van der Waals surface area contributed by atoms with Crippen molar-refractivity contribution in [3.05, 3.63) is 71.3 Å². The number of halogens is 2. The van der Waals surface area contributed by atoms with Gasteiger partial charge in [-0.1, -0.05) is 0 Å². The Morgan fingerprint density at radius 1 is 0.585 bits per heavy atom. The van der Waals surface area contributed by atoms with Gasteiger partial charge in [0.05, 0.1) is 0 Å². The zero-order chi connectivity index (χ0) is 30.1. The molecule has 0 saturated carbocycles. The van der Waals surface area contributed by atoms with Crippen LogP contribution in [0.3, 0.4) is 0 Å². The monoisotopic (exact) mass is 792 g/mol. The summed E-state index contributed by atoms with van der Waals surface area (Å²) in [5, 5.41) is 0. The van der Waals surface area contributed by atoms with E-state index in [4.69, 9.17) is 7.76 Å². The van der Waals surface area contributed by atoms with Crippen LogP contribution in [0.2, 0.25) is 17.7 Å². The molecule has 2 aromatic rings. The second-order valence-electron chi connectivity index (χ2n) is 10.4. The molecule has 0 aromatic heterocycles. The summed E-state index contributed by atoms with van der Waals surface area (Å²) in [5.41, 5.74) is 5.94. The Morgan fingerprint density at radius 3 is 1.15 bits per heavy atom. The van der Waals surface area contributed by atoms with Crippen LogP contribution in [0.1, 0.15) is 99.8 Å². The van der Waals surface area contributed by atoms with E-state index in [1.165, 1.54) is 48.5 Å². The number of carbonyl (C=O) groups is 2. The molecule has 0 heterocycles. The summed E-state index contributed by atoms with van der Waals surface area (Å²) < 4.78 is 49.9. The van der Waals surface area contributed by atoms with Crippen molar-refractivity contribution in [3.63, 3.8) is 0 Å². The molecule has 0 saturated heterocycles. The molecule has 0 spiro atoms. The standard InChI is InChI=1S/2C7H5FNO2.4C4H9.O.2Sn/c2*8-6-3-1-5(2-4-6)7(10)9-11;4*1-3-4-2;;;/h2*1-4H,(H-,9,10,11);4*1,3-4H2,2H3;;;/q2*-1;;;;;;2*+1. The Bertz CT molecular complexity index is 958. The number of rotatable bonds is 20. The minimum absolute atomic E-state index is 0.298. The summed E-state index contributed by atoms with van der Waals surface area (Å²) in [6.07, 6.45) is 7.32. The molecule has 0 aliphatic rings. The van der Waals surface area contributed by atoms with Crippen LogP contribution in [-0.4, -0.2) is 50.2 Å². The maximum atomic E-state index is 13.4. The summed E-state index contributed by atoms with van der Waals surface area (Å²) in [5.74, 6) is -1.74. The third-order valence-corrected chi connectivity index (χ3v) is 38.7. The van der Waals surface area contributed by atoms with E-state index in [1.807, 2.05) is 0 Å². The quantitative estimate of drug-likeness (QED) is 0.105. The van der Waals surface area contributed by atoms with Gasteiger partial charge >= 0.3 is 255 Å². The first kappa shape index (κ1) is 35.9. The summed E-state index contributed by atoms with van der Waals surface area (Å²) in [7, 11) is 0. The van der Waals surface area contributed by atoms with Crippen molar-refractivity contribution in [1.29, 1.82) is 0 Å². The third kappa shape index (κ3) is 12.5. The molecule has 2 rings (SSSR count). The second kappa shape index (κ2) is 19.1. The molecule has 2 N–H and O–H groups in total. The van der Waals surface area contributed by atoms with E-state index >= 15 is 0 Å². The number of amides is 2. The van der Waals surface area contributed by atoms with Crippen molar-refractivity contribution in [1.82, 2.24) is 11.0 Å². The Labute approximate surface area is 253 Å². The van der Waals surface area contributed by atoms with Gasteiger partial charge in [-0.15, -0.1) is 0 Å². The normalized spacial score (nSPS) is 11.9. The predicted molar refractivity (Wildman–Crippen MR) is 161 cm³/mol. The molecular weight excluding hydrogens is 744 g/mol. The second-order valence-corrected chi connectivity index (χ2v) is 32.2. The average molecular weight is 790 g/mol. The number of hydrogen-bond acceptors (Lipinski definition) is 5. The van der Waals surface area contributed by atoms with Crippen LogP contribution in [-0.2, 0) is 7.76 Å². The molecule has 0 unspecified atom stereocenters. The molecule has 7 nitrogen and oxygen atoms in total. The molecule has 0 bridgehead atoms. The number of hydrogen-bond donors (Lipinski definition) is 2. The molecule has 11 heteroatoms. The Morgan fingerprint density at radius 2 is 0.878 bits per heavy atom. The van der Waals surface area contributed by atoms with E-state index in [1.54, 1.807) is 0 Å². The van der Waals surface area contributed by atoms with Gasteiger partial charge in [0.1, 0.15) is 0 Å². The number of benzene rings is 2. The van der Waals surface area contributed by atoms with E-state index in [9.17, 15) is 18.4 Å². The fourth-order valence-electron chi connectivity index (χ4n) is 4.42. The predicted octanol–water partition coefficient (Wildman–Crippen LogP) is 8.09. The van der Waals surface area contributed by atoms with Crippen molar-refractivity contribution in [2.75, 3.05) is 0 Å². The van der Waals surface area contributed by atoms with Crippen LogP contribution in [0.15, 0.2) is 48.5 Å². The topological polar surface area (TPSA) is 85.9 Å². The van der Waals surface area contributed by atoms with Gasteiger partial charge in [-0.2, -0.15) is 0 Å². The van der Waals surface area contributed by atoms with Crippen molar-refractivity contribution < 1.29 is 26.1 Å². The Balaban J connectivity index is 2.40. The first-order valence-corrected chi connectivity index (χ1v) is 27.6. The van der Waals surface area contributed by atoms with Gasteiger partial charge in [-0.3, -0.25) is 0 Å². The van der Waals surface area contributed by atoms with Gasteiger partial charge in [0, 0.05) is 0 Å². The summed E-state index contributed by atoms with van der Waals surface area (Å²) >= 11 is -8.12. The summed E-state index contributed by atoms with van der Waals surface area (Å²) in [4.78, 5) is 26.0. The molecule has 0 fully saturated rings. The Kier molecular flexibility index (Phi) is 16.7. The van der Waals surface area contributed by atoms with Crippen molar-refractivity contribution in [2.45, 2.75) is 96.8 Å². The van der Waals surface area contributed by atoms with Gasteiger partial charge in [-0.05, 0) is 0 Å². The fourth-order valence-corrected chi connectivity index (χ4v) is 44.5. The van der Waals surface area contributed by atoms with Gasteiger partial charge in [0.2, 0.25) is 0 Å². The SMILES string of the molecule is CCC[CH2][Sn]([CH2]CCC)([O]NC(=O)c1ccc(F)cc1)[O][Sn]([CH2]CCC)([CH2]CCC)[O]NC(=O)c1ccc(F)cc1. The third-order valence-electron chi connectivity index (χ3n) is 6.89. The number of carbonyl (C=O) groups excluding carboxylic acids is 2. The van der Waals surface area contributed by atoms with Gasteiger partial charge in [-0.25, -0.2) is 0 Å². The van der Waals surface area contributed by atoms with Crippen LogP contribution in [0, 0.1) is 11.6 Å². The zero-order valence-electron chi connectivity index (χ0n) is 24.9. The van der Waals surface area contributed by atoms with Gasteiger partial charge in [0.25, 0.3) is 0 Å². The number of unbranched alkanes of at least 4 members (excludes halogenated alkanes) is 4. The summed E-state index contributed by atoms with van der Waals surface area (Å²) in [6, 6.07) is 10.6. The van der Waals surface area contributed by atoms with Gasteiger partial charge in [0.15, 0.2) is 0 Å². The average Bonchev–Trinajstić information content (AvgIpc) is 2.99. The van der Waals surface area contributed by atoms with E-state index in [2.05, 4.69) is 38.7 Å². The summed E-state index contributed by atoms with van der Waals surface area (Å²) in [6.45, 7) is 8.44. The van der Waals surface area contributed by atoms with Gasteiger partial charge < -0.3 is 0 Å². The van der Waals surface area contributed by atoms with Crippen LogP contribution >= 0.6 is 0 Å². The molecule has 228 valence electrons. The molecule has 0 radical (unpaired) electrons. The van der Waals surface area contributed by atoms with Crippen molar-refractivity contribution in [3.8, 4) is 0 Å². The molecular formula is C30H46F2N2O5Sn2. The minimum atomic E-state index is -4.06.